The Balaban J connectivity index is 1.37. The third-order valence-corrected chi connectivity index (χ3v) is 4.41. The van der Waals surface area contributed by atoms with Crippen molar-refractivity contribution in [2.75, 3.05) is 11.9 Å². The maximum Gasteiger partial charge on any atom is 0.282 e. The number of ether oxygens (including phenoxy) is 1. The van der Waals surface area contributed by atoms with Crippen molar-refractivity contribution in [3.05, 3.63) is 66.0 Å². The molecule has 1 atom stereocenters. The first kappa shape index (κ1) is 17.0. The van der Waals surface area contributed by atoms with E-state index in [1.54, 1.807) is 12.3 Å². The van der Waals surface area contributed by atoms with E-state index in [1.165, 1.54) is 5.56 Å². The van der Waals surface area contributed by atoms with Crippen LogP contribution in [-0.2, 0) is 11.2 Å². The number of nitrogens with zero attached hydrogens (tertiary/aromatic N) is 3. The first-order chi connectivity index (χ1) is 13.2. The monoisotopic (exact) mass is 361 g/mol. The summed E-state index contributed by atoms with van der Waals surface area (Å²) in [4.78, 5) is 25.1. The van der Waals surface area contributed by atoms with Gasteiger partial charge in [0.2, 0.25) is 0 Å². The maximum absolute atomic E-state index is 12.4. The van der Waals surface area contributed by atoms with Crippen LogP contribution < -0.4 is 11.1 Å². The highest BCUT2D eigenvalue weighted by molar-refractivity contribution is 6.03. The molecule has 0 spiro atoms. The number of anilines is 1. The molecule has 0 aliphatic carbocycles. The Morgan fingerprint density at radius 1 is 1.19 bits per heavy atom. The van der Waals surface area contributed by atoms with E-state index in [4.69, 9.17) is 10.5 Å². The van der Waals surface area contributed by atoms with E-state index in [1.807, 2.05) is 42.5 Å². The highest BCUT2D eigenvalue weighted by atomic mass is 16.5. The minimum Gasteiger partial charge on any atom is -0.463 e. The topological polar surface area (TPSA) is 102 Å². The van der Waals surface area contributed by atoms with E-state index < -0.39 is 0 Å². The molecule has 1 aliphatic heterocycles. The van der Waals surface area contributed by atoms with Gasteiger partial charge in [-0.05, 0) is 54.8 Å². The van der Waals surface area contributed by atoms with Crippen LogP contribution in [0.1, 0.15) is 22.5 Å². The Hall–Kier alpha value is -3.48. The number of aryl methyl sites for hydroxylation is 1. The summed E-state index contributed by atoms with van der Waals surface area (Å²) >= 11 is 0. The molecule has 136 valence electrons. The van der Waals surface area contributed by atoms with Gasteiger partial charge < -0.3 is 15.8 Å². The van der Waals surface area contributed by atoms with Gasteiger partial charge in [0.15, 0.2) is 5.65 Å². The van der Waals surface area contributed by atoms with Crippen LogP contribution in [0.4, 0.5) is 5.69 Å². The minimum absolute atomic E-state index is 0.122. The first-order valence-electron chi connectivity index (χ1n) is 8.75. The lowest BCUT2D eigenvalue weighted by Crippen LogP contribution is -2.13. The molecule has 7 heteroatoms. The zero-order valence-corrected chi connectivity index (χ0v) is 14.6. The number of aromatic nitrogens is 2. The van der Waals surface area contributed by atoms with E-state index >= 15 is 0 Å². The highest BCUT2D eigenvalue weighted by Gasteiger charge is 2.16. The summed E-state index contributed by atoms with van der Waals surface area (Å²) in [6.07, 6.45) is 3.41. The fourth-order valence-electron chi connectivity index (χ4n) is 2.95. The SMILES string of the molecule is NC1=N[C@@H](CCc2ccc(NC(=O)c3ccc4cccnc4n3)cc2)CO1. The van der Waals surface area contributed by atoms with Gasteiger partial charge in [-0.1, -0.05) is 12.1 Å². The van der Waals surface area contributed by atoms with Crippen molar-refractivity contribution in [1.29, 1.82) is 0 Å². The Labute approximate surface area is 156 Å². The molecular formula is C20H19N5O2. The van der Waals surface area contributed by atoms with Crippen LogP contribution in [0, 0.1) is 0 Å². The van der Waals surface area contributed by atoms with Crippen LogP contribution in [0.5, 0.6) is 0 Å². The normalized spacial score (nSPS) is 16.0. The third-order valence-electron chi connectivity index (χ3n) is 4.41. The van der Waals surface area contributed by atoms with Gasteiger partial charge in [0.1, 0.15) is 12.3 Å². The van der Waals surface area contributed by atoms with Crippen LogP contribution in [0.15, 0.2) is 59.7 Å². The summed E-state index contributed by atoms with van der Waals surface area (Å²) in [5.74, 6) is -0.261. The van der Waals surface area contributed by atoms with Crippen LogP contribution in [0.25, 0.3) is 11.0 Å². The van der Waals surface area contributed by atoms with Gasteiger partial charge in [-0.15, -0.1) is 0 Å². The number of nitrogens with two attached hydrogens (primary N) is 1. The van der Waals surface area contributed by atoms with Crippen molar-refractivity contribution < 1.29 is 9.53 Å². The summed E-state index contributed by atoms with van der Waals surface area (Å²) in [7, 11) is 0. The van der Waals surface area contributed by atoms with Gasteiger partial charge in [0.25, 0.3) is 11.9 Å². The molecule has 7 nitrogen and oxygen atoms in total. The molecule has 3 heterocycles. The molecule has 27 heavy (non-hydrogen) atoms. The summed E-state index contributed by atoms with van der Waals surface area (Å²) < 4.78 is 5.16. The number of fused-ring (bicyclic) bond motifs is 1. The molecule has 0 bridgehead atoms. The predicted molar refractivity (Wildman–Crippen MR) is 104 cm³/mol. The van der Waals surface area contributed by atoms with E-state index in [0.717, 1.165) is 23.9 Å². The number of benzene rings is 1. The smallest absolute Gasteiger partial charge is 0.282 e. The summed E-state index contributed by atoms with van der Waals surface area (Å²) in [6, 6.07) is 15.4. The Morgan fingerprint density at radius 3 is 2.81 bits per heavy atom. The second-order valence-corrected chi connectivity index (χ2v) is 6.37. The quantitative estimate of drug-likeness (QED) is 0.727. The third kappa shape index (κ3) is 4.03. The second kappa shape index (κ2) is 7.41. The Morgan fingerprint density at radius 2 is 2.04 bits per heavy atom. The molecule has 0 saturated heterocycles. The largest absolute Gasteiger partial charge is 0.463 e. The molecule has 1 aliphatic rings. The molecule has 0 unspecified atom stereocenters. The van der Waals surface area contributed by atoms with Crippen molar-refractivity contribution in [2.24, 2.45) is 10.7 Å². The molecule has 1 amide bonds. The summed E-state index contributed by atoms with van der Waals surface area (Å²) in [6.45, 7) is 0.549. The average Bonchev–Trinajstić information content (AvgIpc) is 3.12. The maximum atomic E-state index is 12.4. The van der Waals surface area contributed by atoms with Crippen LogP contribution in [0.3, 0.4) is 0 Å². The number of pyridine rings is 2. The van der Waals surface area contributed by atoms with Gasteiger partial charge in [-0.2, -0.15) is 0 Å². The molecule has 1 aromatic carbocycles. The fourth-order valence-corrected chi connectivity index (χ4v) is 2.95. The van der Waals surface area contributed by atoms with Crippen LogP contribution in [0.2, 0.25) is 0 Å². The fraction of sp³-hybridized carbons (Fsp3) is 0.200. The van der Waals surface area contributed by atoms with E-state index in [-0.39, 0.29) is 18.0 Å². The lowest BCUT2D eigenvalue weighted by molar-refractivity contribution is 0.102. The van der Waals surface area contributed by atoms with E-state index in [0.29, 0.717) is 17.9 Å². The highest BCUT2D eigenvalue weighted by Crippen LogP contribution is 2.16. The number of carbonyl (C=O) groups excluding carboxylic acids is 1. The summed E-state index contributed by atoms with van der Waals surface area (Å²) in [5, 5.41) is 3.77. The Kier molecular flexibility index (Phi) is 4.65. The average molecular weight is 361 g/mol. The molecule has 0 saturated carbocycles. The first-order valence-corrected chi connectivity index (χ1v) is 8.75. The van der Waals surface area contributed by atoms with E-state index in [2.05, 4.69) is 20.3 Å². The number of nitrogens with one attached hydrogen (secondary N) is 1. The predicted octanol–water partition coefficient (Wildman–Crippen LogP) is 2.53. The lowest BCUT2D eigenvalue weighted by atomic mass is 10.1. The molecular weight excluding hydrogens is 342 g/mol. The van der Waals surface area contributed by atoms with Crippen LogP contribution >= 0.6 is 0 Å². The van der Waals surface area contributed by atoms with Gasteiger partial charge in [0, 0.05) is 17.3 Å². The van der Waals surface area contributed by atoms with Crippen molar-refractivity contribution in [2.45, 2.75) is 18.9 Å². The molecule has 0 radical (unpaired) electrons. The van der Waals surface area contributed by atoms with Gasteiger partial charge >= 0.3 is 0 Å². The lowest BCUT2D eigenvalue weighted by Gasteiger charge is -2.08. The number of amides is 1. The van der Waals surface area contributed by atoms with Crippen molar-refractivity contribution in [3.8, 4) is 0 Å². The van der Waals surface area contributed by atoms with Crippen LogP contribution in [-0.4, -0.2) is 34.5 Å². The zero-order chi connectivity index (χ0) is 18.6. The van der Waals surface area contributed by atoms with Gasteiger partial charge in [-0.3, -0.25) is 4.79 Å². The standard InChI is InChI=1S/C20H19N5O2/c21-20-24-16(12-27-20)9-5-13-3-7-15(8-4-13)23-19(26)17-10-6-14-2-1-11-22-18(14)25-17/h1-4,6-8,10-11,16H,5,9,12H2,(H2,21,24)(H,23,26)/t16-/m0/s1. The molecule has 0 fully saturated rings. The number of hydrogen-bond donors (Lipinski definition) is 2. The van der Waals surface area contributed by atoms with Gasteiger partial charge in [-0.25, -0.2) is 15.0 Å². The minimum atomic E-state index is -0.261. The number of aliphatic imine (C=N–C) groups is 1. The van der Waals surface area contributed by atoms with Crippen molar-refractivity contribution in [3.63, 3.8) is 0 Å². The summed E-state index contributed by atoms with van der Waals surface area (Å²) in [5.41, 5.74) is 8.30. The number of hydrogen-bond acceptors (Lipinski definition) is 6. The number of rotatable bonds is 5. The molecule has 3 aromatic rings. The van der Waals surface area contributed by atoms with Crippen molar-refractivity contribution in [1.82, 2.24) is 9.97 Å². The van der Waals surface area contributed by atoms with E-state index in [9.17, 15) is 4.79 Å². The molecule has 4 rings (SSSR count). The Bertz CT molecular complexity index is 1000. The molecule has 3 N–H and O–H groups in total. The molecule has 2 aromatic heterocycles. The zero-order valence-electron chi connectivity index (χ0n) is 14.6. The van der Waals surface area contributed by atoms with Gasteiger partial charge in [0.05, 0.1) is 6.04 Å². The second-order valence-electron chi connectivity index (χ2n) is 6.37. The number of carbonyl (C=O) groups is 1. The number of amidine groups is 1. The van der Waals surface area contributed by atoms with Crippen molar-refractivity contribution >= 4 is 28.6 Å².